The summed E-state index contributed by atoms with van der Waals surface area (Å²) < 4.78 is 51.6. The second-order valence-corrected chi connectivity index (χ2v) is 13.2. The zero-order valence-corrected chi connectivity index (χ0v) is 21.8. The highest BCUT2D eigenvalue weighted by molar-refractivity contribution is 7.92. The Labute approximate surface area is 215 Å². The van der Waals surface area contributed by atoms with E-state index in [0.717, 1.165) is 31.7 Å². The zero-order valence-electron chi connectivity index (χ0n) is 20.9. The second kappa shape index (κ2) is 8.82. The molecule has 1 aromatic heterocycles. The first-order valence-electron chi connectivity index (χ1n) is 12.9. The van der Waals surface area contributed by atoms with Crippen molar-refractivity contribution in [2.45, 2.75) is 99.1 Å². The van der Waals surface area contributed by atoms with Crippen LogP contribution in [0.15, 0.2) is 29.4 Å². The summed E-state index contributed by atoms with van der Waals surface area (Å²) in [5.41, 5.74) is 0.445. The highest BCUT2D eigenvalue weighted by Crippen LogP contribution is 2.43. The highest BCUT2D eigenvalue weighted by atomic mass is 32.2. The molecule has 198 valence electrons. The van der Waals surface area contributed by atoms with Crippen molar-refractivity contribution in [2.75, 3.05) is 5.32 Å². The number of carbonyl (C=O) groups excluding carboxylic acids is 1. The number of nitrogens with one attached hydrogen (secondary N) is 1. The molecule has 6 rings (SSSR count). The minimum absolute atomic E-state index is 0.00225. The number of hydrogen-bond donors (Lipinski definition) is 1. The number of benzene rings is 1. The van der Waals surface area contributed by atoms with Gasteiger partial charge in [-0.2, -0.15) is 0 Å². The Morgan fingerprint density at radius 2 is 1.84 bits per heavy atom. The number of piperidine rings is 1. The third kappa shape index (κ3) is 4.73. The predicted octanol–water partition coefficient (Wildman–Crippen LogP) is 4.67. The van der Waals surface area contributed by atoms with Crippen molar-refractivity contribution >= 4 is 27.4 Å². The van der Waals surface area contributed by atoms with Gasteiger partial charge >= 0.3 is 6.09 Å². The number of carbonyl (C=O) groups is 1. The van der Waals surface area contributed by atoms with E-state index >= 15 is 0 Å². The molecule has 11 heteroatoms. The number of amides is 1. The Morgan fingerprint density at radius 1 is 1.14 bits per heavy atom. The van der Waals surface area contributed by atoms with Gasteiger partial charge in [0.25, 0.3) is 0 Å². The van der Waals surface area contributed by atoms with Crippen LogP contribution in [0.2, 0.25) is 0 Å². The number of halogens is 1. The lowest BCUT2D eigenvalue weighted by atomic mass is 10.0. The minimum Gasteiger partial charge on any atom is -0.474 e. The third-order valence-corrected chi connectivity index (χ3v) is 10.3. The van der Waals surface area contributed by atoms with E-state index in [2.05, 4.69) is 15.3 Å². The lowest BCUT2D eigenvalue weighted by molar-refractivity contribution is 0.0115. The van der Waals surface area contributed by atoms with Gasteiger partial charge < -0.3 is 19.7 Å². The lowest BCUT2D eigenvalue weighted by Gasteiger charge is -2.38. The number of fused-ring (bicyclic) bond motifs is 2. The fraction of sp³-hybridized carbons (Fsp3) is 0.577. The first-order valence-corrected chi connectivity index (χ1v) is 14.5. The molecule has 2 aromatic rings. The average Bonchev–Trinajstić information content (AvgIpc) is 3.78. The molecule has 2 aliphatic heterocycles. The van der Waals surface area contributed by atoms with E-state index in [1.165, 1.54) is 18.5 Å². The van der Waals surface area contributed by atoms with Gasteiger partial charge in [0, 0.05) is 24.9 Å². The van der Waals surface area contributed by atoms with Crippen LogP contribution in [0.3, 0.4) is 0 Å². The summed E-state index contributed by atoms with van der Waals surface area (Å²) in [5, 5.41) is 2.55. The van der Waals surface area contributed by atoms with E-state index in [4.69, 9.17) is 9.47 Å². The van der Waals surface area contributed by atoms with Crippen molar-refractivity contribution in [1.29, 1.82) is 0 Å². The van der Waals surface area contributed by atoms with E-state index < -0.39 is 20.9 Å². The maximum absolute atomic E-state index is 14.8. The van der Waals surface area contributed by atoms with Crippen LogP contribution < -0.4 is 10.1 Å². The van der Waals surface area contributed by atoms with Gasteiger partial charge in [-0.3, -0.25) is 0 Å². The first kappa shape index (κ1) is 24.4. The third-order valence-electron chi connectivity index (χ3n) is 7.99. The Morgan fingerprint density at radius 3 is 2.46 bits per heavy atom. The van der Waals surface area contributed by atoms with E-state index in [1.807, 2.05) is 11.8 Å². The molecule has 4 fully saturated rings. The monoisotopic (exact) mass is 530 g/mol. The van der Waals surface area contributed by atoms with Crippen LogP contribution in [0.5, 0.6) is 5.88 Å². The molecule has 3 heterocycles. The number of ether oxygens (including phenoxy) is 2. The maximum atomic E-state index is 14.8. The lowest BCUT2D eigenvalue weighted by Crippen LogP contribution is -2.50. The molecule has 9 nitrogen and oxygen atoms in total. The van der Waals surface area contributed by atoms with Crippen LogP contribution in [0, 0.1) is 12.7 Å². The predicted molar refractivity (Wildman–Crippen MR) is 133 cm³/mol. The van der Waals surface area contributed by atoms with Crippen LogP contribution >= 0.6 is 0 Å². The van der Waals surface area contributed by atoms with Crippen LogP contribution in [0.1, 0.15) is 63.9 Å². The number of hydrogen-bond acceptors (Lipinski definition) is 8. The summed E-state index contributed by atoms with van der Waals surface area (Å²) in [5.74, 6) is 0.109. The van der Waals surface area contributed by atoms with Crippen molar-refractivity contribution in [3.63, 3.8) is 0 Å². The molecule has 2 bridgehead atoms. The van der Waals surface area contributed by atoms with Crippen molar-refractivity contribution in [2.24, 2.45) is 0 Å². The van der Waals surface area contributed by atoms with Gasteiger partial charge in [-0.1, -0.05) is 0 Å². The highest BCUT2D eigenvalue weighted by Gasteiger charge is 2.49. The molecule has 2 unspecified atom stereocenters. The Kier molecular flexibility index (Phi) is 5.81. The van der Waals surface area contributed by atoms with Gasteiger partial charge in [0.05, 0.1) is 21.4 Å². The normalized spacial score (nSPS) is 26.0. The van der Waals surface area contributed by atoms with E-state index in [0.29, 0.717) is 42.9 Å². The van der Waals surface area contributed by atoms with Gasteiger partial charge in [0.1, 0.15) is 29.7 Å². The Bertz CT molecular complexity index is 1330. The second-order valence-electron chi connectivity index (χ2n) is 11.0. The first-order chi connectivity index (χ1) is 17.6. The molecule has 0 spiro atoms. The van der Waals surface area contributed by atoms with Crippen LogP contribution in [0.4, 0.5) is 20.7 Å². The van der Waals surface area contributed by atoms with Crippen LogP contribution in [0.25, 0.3) is 0 Å². The van der Waals surface area contributed by atoms with E-state index in [9.17, 15) is 17.6 Å². The van der Waals surface area contributed by atoms with Gasteiger partial charge in [0.2, 0.25) is 5.88 Å². The number of rotatable bonds is 7. The molecule has 2 atom stereocenters. The van der Waals surface area contributed by atoms with Gasteiger partial charge in [-0.15, -0.1) is 0 Å². The summed E-state index contributed by atoms with van der Waals surface area (Å²) in [6.45, 7) is 3.77. The molecule has 1 aromatic carbocycles. The molecule has 2 aliphatic carbocycles. The van der Waals surface area contributed by atoms with Crippen LogP contribution in [-0.4, -0.2) is 58.4 Å². The summed E-state index contributed by atoms with van der Waals surface area (Å²) in [7, 11) is -3.47. The van der Waals surface area contributed by atoms with Gasteiger partial charge in [-0.05, 0) is 70.6 Å². The average molecular weight is 531 g/mol. The van der Waals surface area contributed by atoms with Gasteiger partial charge in [0.15, 0.2) is 9.84 Å². The topological polar surface area (TPSA) is 111 Å². The Hall–Kier alpha value is -2.95. The smallest absolute Gasteiger partial charge is 0.410 e. The standard InChI is InChI=1S/C26H31FN4O5S/c1-15-23(30-22-8-7-20(13-21(22)27)37(33,34)19-5-6-19)28-14-29-24(15)35-18-11-16-3-4-17(12-18)31(16)25(32)36-26(2)9-10-26/h7-8,13-14,16-19H,3-6,9-12H2,1-2H3,(H,28,29,30). The molecule has 37 heavy (non-hydrogen) atoms. The van der Waals surface area contributed by atoms with E-state index in [-0.39, 0.29) is 40.5 Å². The molecule has 4 aliphatic rings. The molecular weight excluding hydrogens is 499 g/mol. The fourth-order valence-corrected chi connectivity index (χ4v) is 7.04. The summed E-state index contributed by atoms with van der Waals surface area (Å²) in [6, 6.07) is 4.06. The van der Waals surface area contributed by atoms with Crippen molar-refractivity contribution < 1.29 is 27.1 Å². The van der Waals surface area contributed by atoms with Crippen molar-refractivity contribution in [3.05, 3.63) is 35.9 Å². The summed E-state index contributed by atoms with van der Waals surface area (Å²) in [6.07, 6.45) is 7.36. The van der Waals surface area contributed by atoms with E-state index in [1.54, 1.807) is 6.92 Å². The fourth-order valence-electron chi connectivity index (χ4n) is 5.37. The molecule has 1 N–H and O–H groups in total. The minimum atomic E-state index is -3.47. The number of nitrogens with zero attached hydrogens (tertiary/aromatic N) is 3. The zero-order chi connectivity index (χ0) is 25.9. The quantitative estimate of drug-likeness (QED) is 0.550. The maximum Gasteiger partial charge on any atom is 0.410 e. The summed E-state index contributed by atoms with van der Waals surface area (Å²) >= 11 is 0. The molecule has 2 saturated heterocycles. The SMILES string of the molecule is Cc1c(Nc2ccc(S(=O)(=O)C3CC3)cc2F)ncnc1OC1CC2CCC(C1)N2C(=O)OC1(C)CC1. The van der Waals surface area contributed by atoms with Crippen LogP contribution in [-0.2, 0) is 14.6 Å². The van der Waals surface area contributed by atoms with Crippen molar-refractivity contribution in [1.82, 2.24) is 14.9 Å². The summed E-state index contributed by atoms with van der Waals surface area (Å²) in [4.78, 5) is 23.2. The largest absolute Gasteiger partial charge is 0.474 e. The Balaban J connectivity index is 1.13. The number of aromatic nitrogens is 2. The molecule has 2 saturated carbocycles. The van der Waals surface area contributed by atoms with Gasteiger partial charge in [-0.25, -0.2) is 27.6 Å². The molecule has 1 amide bonds. The molecule has 0 radical (unpaired) electrons. The number of sulfone groups is 1. The number of anilines is 2. The van der Waals surface area contributed by atoms with Crippen molar-refractivity contribution in [3.8, 4) is 5.88 Å². The molecular formula is C26H31FN4O5S.